The number of carbonyl (C=O) groups excluding carboxylic acids is 2. The summed E-state index contributed by atoms with van der Waals surface area (Å²) < 4.78 is 16.6. The highest BCUT2D eigenvalue weighted by atomic mass is 32.1. The number of anilines is 1. The molecule has 2 heterocycles. The molecule has 2 aromatic heterocycles. The van der Waals surface area contributed by atoms with Crippen LogP contribution in [0.25, 0.3) is 10.3 Å². The molecule has 0 saturated carbocycles. The molecule has 0 spiro atoms. The maximum absolute atomic E-state index is 13.1. The van der Waals surface area contributed by atoms with E-state index in [9.17, 15) is 9.59 Å². The molecule has 8 nitrogen and oxygen atoms in total. The quantitative estimate of drug-likeness (QED) is 0.387. The first kappa shape index (κ1) is 21.3. The maximum Gasteiger partial charge on any atom is 0.430 e. The number of imide groups is 1. The van der Waals surface area contributed by atoms with E-state index in [4.69, 9.17) is 14.2 Å². The van der Waals surface area contributed by atoms with E-state index in [0.717, 1.165) is 0 Å². The van der Waals surface area contributed by atoms with Gasteiger partial charge in [0.05, 0.1) is 6.10 Å². The summed E-state index contributed by atoms with van der Waals surface area (Å²) in [7, 11) is 0. The smallest absolute Gasteiger partial charge is 0.430 e. The van der Waals surface area contributed by atoms with Gasteiger partial charge < -0.3 is 14.2 Å². The number of nitrogens with zero attached hydrogens (tertiary/aromatic N) is 3. The van der Waals surface area contributed by atoms with Gasteiger partial charge in [0.1, 0.15) is 21.8 Å². The van der Waals surface area contributed by atoms with Crippen molar-refractivity contribution in [3.05, 3.63) is 72.1 Å². The van der Waals surface area contributed by atoms with Crippen LogP contribution in [-0.4, -0.2) is 28.3 Å². The molecule has 32 heavy (non-hydrogen) atoms. The van der Waals surface area contributed by atoms with Gasteiger partial charge in [0.25, 0.3) is 5.88 Å². The predicted molar refractivity (Wildman–Crippen MR) is 121 cm³/mol. The molecule has 0 aliphatic heterocycles. The number of hydrogen-bond donors (Lipinski definition) is 0. The molecule has 0 aliphatic carbocycles. The highest BCUT2D eigenvalue weighted by Gasteiger charge is 2.33. The molecule has 2 aromatic carbocycles. The number of para-hydroxylation sites is 2. The first-order chi connectivity index (χ1) is 15.5. The average Bonchev–Trinajstić information content (AvgIpc) is 3.22. The van der Waals surface area contributed by atoms with Gasteiger partial charge >= 0.3 is 12.2 Å². The molecule has 4 aromatic rings. The maximum atomic E-state index is 13.1. The van der Waals surface area contributed by atoms with Gasteiger partial charge in [0.15, 0.2) is 0 Å². The summed E-state index contributed by atoms with van der Waals surface area (Å²) in [6.07, 6.45) is -2.29. The molecule has 2 amide bonds. The Morgan fingerprint density at radius 1 is 0.844 bits per heavy atom. The zero-order valence-electron chi connectivity index (χ0n) is 17.3. The topological polar surface area (TPSA) is 90.9 Å². The highest BCUT2D eigenvalue weighted by molar-refractivity contribution is 7.16. The van der Waals surface area contributed by atoms with Crippen LogP contribution < -0.4 is 19.1 Å². The molecule has 0 saturated heterocycles. The molecule has 0 atom stereocenters. The van der Waals surface area contributed by atoms with E-state index in [1.807, 2.05) is 5.38 Å². The van der Waals surface area contributed by atoms with Crippen molar-refractivity contribution in [1.29, 1.82) is 0 Å². The molecule has 0 bridgehead atoms. The lowest BCUT2D eigenvalue weighted by molar-refractivity contribution is 0.188. The van der Waals surface area contributed by atoms with E-state index >= 15 is 0 Å². The lowest BCUT2D eigenvalue weighted by Gasteiger charge is -2.21. The molecule has 9 heteroatoms. The van der Waals surface area contributed by atoms with E-state index in [2.05, 4.69) is 9.97 Å². The Labute approximate surface area is 188 Å². The number of amides is 2. The van der Waals surface area contributed by atoms with Crippen molar-refractivity contribution < 1.29 is 23.8 Å². The minimum atomic E-state index is -1.00. The standard InChI is InChI=1S/C23H19N3O5S/c1-15(2)29-20-19(25-21-18(24-20)13-14-32-21)26(22(27)30-16-9-5-3-6-10-16)23(28)31-17-11-7-4-8-12-17/h3-15H,1-2H3. The summed E-state index contributed by atoms with van der Waals surface area (Å²) in [6.45, 7) is 3.61. The van der Waals surface area contributed by atoms with Gasteiger partial charge in [-0.1, -0.05) is 36.4 Å². The van der Waals surface area contributed by atoms with Crippen LogP contribution in [0.15, 0.2) is 72.1 Å². The normalized spacial score (nSPS) is 10.7. The van der Waals surface area contributed by atoms with Gasteiger partial charge in [-0.15, -0.1) is 11.3 Å². The molecule has 162 valence electrons. The minimum absolute atomic E-state index is 0.0147. The van der Waals surface area contributed by atoms with Crippen LogP contribution in [0.2, 0.25) is 0 Å². The molecule has 0 unspecified atom stereocenters. The number of thiophene rings is 1. The Morgan fingerprint density at radius 2 is 1.41 bits per heavy atom. The van der Waals surface area contributed by atoms with Crippen LogP contribution >= 0.6 is 11.3 Å². The van der Waals surface area contributed by atoms with Crippen LogP contribution in [0.1, 0.15) is 13.8 Å². The van der Waals surface area contributed by atoms with Crippen molar-refractivity contribution >= 4 is 39.7 Å². The number of fused-ring (bicyclic) bond motifs is 1. The van der Waals surface area contributed by atoms with Crippen molar-refractivity contribution in [3.63, 3.8) is 0 Å². The van der Waals surface area contributed by atoms with Crippen molar-refractivity contribution in [1.82, 2.24) is 9.97 Å². The summed E-state index contributed by atoms with van der Waals surface area (Å²) in [5.41, 5.74) is 0.585. The average molecular weight is 449 g/mol. The molecular weight excluding hydrogens is 430 g/mol. The third-order valence-corrected chi connectivity index (χ3v) is 4.86. The van der Waals surface area contributed by atoms with Crippen molar-refractivity contribution in [3.8, 4) is 17.4 Å². The van der Waals surface area contributed by atoms with E-state index < -0.39 is 12.2 Å². The van der Waals surface area contributed by atoms with Crippen LogP contribution in [0, 0.1) is 0 Å². The molecule has 0 radical (unpaired) electrons. The third kappa shape index (κ3) is 4.84. The zero-order chi connectivity index (χ0) is 22.5. The Balaban J connectivity index is 1.77. The fourth-order valence-corrected chi connectivity index (χ4v) is 3.43. The summed E-state index contributed by atoms with van der Waals surface area (Å²) in [5.74, 6) is 0.412. The third-order valence-electron chi connectivity index (χ3n) is 4.07. The number of ether oxygens (including phenoxy) is 3. The molecule has 0 fully saturated rings. The highest BCUT2D eigenvalue weighted by Crippen LogP contribution is 2.31. The SMILES string of the molecule is CC(C)Oc1nc2ccsc2nc1N(C(=O)Oc1ccccc1)C(=O)Oc1ccccc1. The van der Waals surface area contributed by atoms with Gasteiger partial charge in [0, 0.05) is 0 Å². The number of benzene rings is 2. The van der Waals surface area contributed by atoms with Crippen LogP contribution in [0.4, 0.5) is 15.4 Å². The summed E-state index contributed by atoms with van der Waals surface area (Å²) in [6, 6.07) is 18.6. The van der Waals surface area contributed by atoms with Gasteiger partial charge in [0.2, 0.25) is 5.82 Å². The predicted octanol–water partition coefficient (Wildman–Crippen LogP) is 5.68. The van der Waals surface area contributed by atoms with Crippen molar-refractivity contribution in [2.24, 2.45) is 0 Å². The molecule has 4 rings (SSSR count). The van der Waals surface area contributed by atoms with Crippen LogP contribution in [0.5, 0.6) is 17.4 Å². The van der Waals surface area contributed by atoms with Gasteiger partial charge in [-0.25, -0.2) is 19.6 Å². The van der Waals surface area contributed by atoms with Crippen molar-refractivity contribution in [2.75, 3.05) is 4.90 Å². The Morgan fingerprint density at radius 3 is 1.94 bits per heavy atom. The Bertz CT molecular complexity index is 1170. The van der Waals surface area contributed by atoms with Gasteiger partial charge in [-0.2, -0.15) is 4.90 Å². The number of aromatic nitrogens is 2. The number of hydrogen-bond acceptors (Lipinski definition) is 8. The first-order valence-corrected chi connectivity index (χ1v) is 10.6. The van der Waals surface area contributed by atoms with Crippen LogP contribution in [0.3, 0.4) is 0 Å². The first-order valence-electron chi connectivity index (χ1n) is 9.77. The zero-order valence-corrected chi connectivity index (χ0v) is 18.1. The summed E-state index contributed by atoms with van der Waals surface area (Å²) in [5, 5.41) is 1.81. The summed E-state index contributed by atoms with van der Waals surface area (Å²) in [4.78, 5) is 36.4. The fourth-order valence-electron chi connectivity index (χ4n) is 2.73. The Kier molecular flexibility index (Phi) is 6.27. The fraction of sp³-hybridized carbons (Fsp3) is 0.130. The second-order valence-corrected chi connectivity index (χ2v) is 7.72. The van der Waals surface area contributed by atoms with E-state index in [1.54, 1.807) is 80.6 Å². The largest absolute Gasteiger partial charge is 0.472 e. The van der Waals surface area contributed by atoms with E-state index in [0.29, 0.717) is 15.2 Å². The second-order valence-electron chi connectivity index (χ2n) is 6.83. The number of carbonyl (C=O) groups is 2. The lowest BCUT2D eigenvalue weighted by Crippen LogP contribution is -2.42. The van der Waals surface area contributed by atoms with E-state index in [-0.39, 0.29) is 29.3 Å². The molecule has 0 N–H and O–H groups in total. The molecule has 0 aliphatic rings. The van der Waals surface area contributed by atoms with Gasteiger partial charge in [-0.05, 0) is 49.6 Å². The summed E-state index contributed by atoms with van der Waals surface area (Å²) >= 11 is 1.32. The Hall–Kier alpha value is -3.98. The van der Waals surface area contributed by atoms with Gasteiger partial charge in [-0.3, -0.25) is 0 Å². The number of rotatable bonds is 5. The van der Waals surface area contributed by atoms with Crippen molar-refractivity contribution in [2.45, 2.75) is 20.0 Å². The van der Waals surface area contributed by atoms with Crippen LogP contribution in [-0.2, 0) is 0 Å². The minimum Gasteiger partial charge on any atom is -0.472 e. The molecular formula is C23H19N3O5S. The monoisotopic (exact) mass is 449 g/mol. The second kappa shape index (κ2) is 9.44. The van der Waals surface area contributed by atoms with E-state index in [1.165, 1.54) is 11.3 Å². The lowest BCUT2D eigenvalue weighted by atomic mass is 10.3.